The summed E-state index contributed by atoms with van der Waals surface area (Å²) in [5.74, 6) is 0.746. The van der Waals surface area contributed by atoms with Crippen LogP contribution < -0.4 is 5.32 Å². The number of anilines is 1. The number of benzene rings is 1. The highest BCUT2D eigenvalue weighted by molar-refractivity contribution is 7.10. The van der Waals surface area contributed by atoms with Crippen LogP contribution in [0.1, 0.15) is 29.3 Å². The molecule has 1 heterocycles. The molecule has 94 valence electrons. The highest BCUT2D eigenvalue weighted by Crippen LogP contribution is 2.44. The van der Waals surface area contributed by atoms with Gasteiger partial charge in [0.15, 0.2) is 0 Å². The van der Waals surface area contributed by atoms with E-state index >= 15 is 0 Å². The third-order valence-corrected chi connectivity index (χ3v) is 4.40. The summed E-state index contributed by atoms with van der Waals surface area (Å²) in [7, 11) is 0. The first-order chi connectivity index (χ1) is 8.88. The second-order valence-electron chi connectivity index (χ2n) is 4.79. The Morgan fingerprint density at radius 1 is 1.22 bits per heavy atom. The monoisotopic (exact) mass is 259 g/mol. The van der Waals surface area contributed by atoms with E-state index in [9.17, 15) is 5.11 Å². The maximum absolute atomic E-state index is 9.38. The van der Waals surface area contributed by atoms with E-state index in [1.54, 1.807) is 0 Å². The highest BCUT2D eigenvalue weighted by Gasteiger charge is 2.33. The molecule has 2 nitrogen and oxygen atoms in total. The predicted octanol–water partition coefficient (Wildman–Crippen LogP) is 3.80. The summed E-state index contributed by atoms with van der Waals surface area (Å²) in [6.45, 7) is 0.0883. The van der Waals surface area contributed by atoms with Crippen LogP contribution >= 0.6 is 11.3 Å². The largest absolute Gasteiger partial charge is 0.392 e. The molecule has 2 aromatic rings. The number of nitrogens with one attached hydrogen (secondary N) is 1. The van der Waals surface area contributed by atoms with Gasteiger partial charge in [0.05, 0.1) is 12.6 Å². The number of hydrogen-bond acceptors (Lipinski definition) is 3. The van der Waals surface area contributed by atoms with Crippen LogP contribution in [0.15, 0.2) is 41.8 Å². The van der Waals surface area contributed by atoms with E-state index in [0.29, 0.717) is 6.04 Å². The van der Waals surface area contributed by atoms with Crippen molar-refractivity contribution in [3.63, 3.8) is 0 Å². The fourth-order valence-corrected chi connectivity index (χ4v) is 3.15. The molecule has 1 aliphatic rings. The van der Waals surface area contributed by atoms with Gasteiger partial charge in [0.25, 0.3) is 0 Å². The average molecular weight is 259 g/mol. The Balaban J connectivity index is 1.84. The molecule has 1 aromatic carbocycles. The molecule has 18 heavy (non-hydrogen) atoms. The summed E-state index contributed by atoms with van der Waals surface area (Å²) < 4.78 is 0. The summed E-state index contributed by atoms with van der Waals surface area (Å²) in [6, 6.07) is 12.7. The zero-order valence-electron chi connectivity index (χ0n) is 10.2. The predicted molar refractivity (Wildman–Crippen MR) is 75.8 cm³/mol. The summed E-state index contributed by atoms with van der Waals surface area (Å²) in [5.41, 5.74) is 2.03. The number of para-hydroxylation sites is 1. The lowest BCUT2D eigenvalue weighted by molar-refractivity contribution is 0.282. The molecule has 1 fully saturated rings. The lowest BCUT2D eigenvalue weighted by Crippen LogP contribution is -2.12. The molecule has 2 N–H and O–H groups in total. The Hall–Kier alpha value is -1.32. The van der Waals surface area contributed by atoms with Gasteiger partial charge in [-0.1, -0.05) is 24.3 Å². The van der Waals surface area contributed by atoms with Crippen LogP contribution in [0.3, 0.4) is 0 Å². The molecule has 1 aromatic heterocycles. The van der Waals surface area contributed by atoms with Gasteiger partial charge >= 0.3 is 0 Å². The van der Waals surface area contributed by atoms with Gasteiger partial charge in [-0.25, -0.2) is 0 Å². The van der Waals surface area contributed by atoms with E-state index in [4.69, 9.17) is 0 Å². The molecule has 0 aliphatic heterocycles. The first-order valence-electron chi connectivity index (χ1n) is 6.37. The van der Waals surface area contributed by atoms with E-state index < -0.39 is 0 Å². The van der Waals surface area contributed by atoms with Crippen molar-refractivity contribution in [2.45, 2.75) is 25.5 Å². The Bertz CT molecular complexity index is 505. The lowest BCUT2D eigenvalue weighted by atomic mass is 10.1. The van der Waals surface area contributed by atoms with Gasteiger partial charge in [-0.15, -0.1) is 11.3 Å². The number of thiophene rings is 1. The average Bonchev–Trinajstić information content (AvgIpc) is 3.11. The van der Waals surface area contributed by atoms with Gasteiger partial charge in [-0.05, 0) is 36.3 Å². The van der Waals surface area contributed by atoms with Gasteiger partial charge in [-0.3, -0.25) is 0 Å². The molecule has 0 amide bonds. The van der Waals surface area contributed by atoms with Crippen molar-refractivity contribution in [1.29, 1.82) is 0 Å². The van der Waals surface area contributed by atoms with Crippen molar-refractivity contribution < 1.29 is 5.11 Å². The van der Waals surface area contributed by atoms with E-state index in [0.717, 1.165) is 17.2 Å². The Labute approximate surface area is 111 Å². The van der Waals surface area contributed by atoms with Crippen molar-refractivity contribution in [2.24, 2.45) is 5.92 Å². The van der Waals surface area contributed by atoms with Gasteiger partial charge in [0.1, 0.15) is 0 Å². The molecule has 0 spiro atoms. The topological polar surface area (TPSA) is 32.3 Å². The number of hydrogen-bond donors (Lipinski definition) is 2. The van der Waals surface area contributed by atoms with Crippen molar-refractivity contribution >= 4 is 17.0 Å². The van der Waals surface area contributed by atoms with Crippen molar-refractivity contribution in [3.8, 4) is 0 Å². The zero-order valence-corrected chi connectivity index (χ0v) is 11.0. The van der Waals surface area contributed by atoms with Gasteiger partial charge in [0.2, 0.25) is 0 Å². The third-order valence-electron chi connectivity index (χ3n) is 3.44. The molecule has 0 saturated heterocycles. The van der Waals surface area contributed by atoms with Crippen LogP contribution in [-0.4, -0.2) is 5.11 Å². The zero-order chi connectivity index (χ0) is 12.4. The normalized spacial score (nSPS) is 16.5. The van der Waals surface area contributed by atoms with Crippen molar-refractivity contribution in [3.05, 3.63) is 52.2 Å². The van der Waals surface area contributed by atoms with Crippen LogP contribution in [0.25, 0.3) is 0 Å². The molecule has 1 atom stereocenters. The molecule has 0 bridgehead atoms. The highest BCUT2D eigenvalue weighted by atomic mass is 32.1. The van der Waals surface area contributed by atoms with Gasteiger partial charge in [0, 0.05) is 16.1 Å². The summed E-state index contributed by atoms with van der Waals surface area (Å²) >= 11 is 1.81. The molecule has 1 saturated carbocycles. The minimum atomic E-state index is 0.0883. The van der Waals surface area contributed by atoms with Crippen molar-refractivity contribution in [2.75, 3.05) is 5.32 Å². The standard InChI is InChI=1S/C15H17NOS/c17-10-12-4-1-2-5-13(12)16-15(11-7-8-11)14-6-3-9-18-14/h1-6,9,11,15-17H,7-8,10H2. The first kappa shape index (κ1) is 11.8. The van der Waals surface area contributed by atoms with Crippen LogP contribution in [0, 0.1) is 5.92 Å². The Morgan fingerprint density at radius 3 is 2.72 bits per heavy atom. The van der Waals surface area contributed by atoms with Gasteiger partial charge < -0.3 is 10.4 Å². The molecule has 1 aliphatic carbocycles. The second kappa shape index (κ2) is 5.12. The molecule has 3 rings (SSSR count). The Morgan fingerprint density at radius 2 is 2.06 bits per heavy atom. The van der Waals surface area contributed by atoms with Crippen LogP contribution in [0.4, 0.5) is 5.69 Å². The maximum atomic E-state index is 9.38. The van der Waals surface area contributed by atoms with Crippen LogP contribution in [-0.2, 0) is 6.61 Å². The maximum Gasteiger partial charge on any atom is 0.0701 e. The van der Waals surface area contributed by atoms with Crippen molar-refractivity contribution in [1.82, 2.24) is 0 Å². The third kappa shape index (κ3) is 2.42. The lowest BCUT2D eigenvalue weighted by Gasteiger charge is -2.20. The summed E-state index contributed by atoms with van der Waals surface area (Å²) in [4.78, 5) is 1.39. The minimum Gasteiger partial charge on any atom is -0.392 e. The summed E-state index contributed by atoms with van der Waals surface area (Å²) in [6.07, 6.45) is 2.60. The molecule has 3 heteroatoms. The van der Waals surface area contributed by atoms with E-state index in [2.05, 4.69) is 28.9 Å². The molecule has 0 radical (unpaired) electrons. The Kier molecular flexibility index (Phi) is 3.35. The minimum absolute atomic E-state index is 0.0883. The summed E-state index contributed by atoms with van der Waals surface area (Å²) in [5, 5.41) is 15.1. The fourth-order valence-electron chi connectivity index (χ4n) is 2.29. The van der Waals surface area contributed by atoms with Crippen LogP contribution in [0.5, 0.6) is 0 Å². The van der Waals surface area contributed by atoms with E-state index in [1.807, 2.05) is 29.5 Å². The molecule has 1 unspecified atom stereocenters. The smallest absolute Gasteiger partial charge is 0.0701 e. The SMILES string of the molecule is OCc1ccccc1NC(c1cccs1)C1CC1. The quantitative estimate of drug-likeness (QED) is 0.856. The number of aliphatic hydroxyl groups is 1. The van der Waals surface area contributed by atoms with E-state index in [-0.39, 0.29) is 6.61 Å². The van der Waals surface area contributed by atoms with Crippen LogP contribution in [0.2, 0.25) is 0 Å². The molecular formula is C15H17NOS. The number of aliphatic hydroxyl groups excluding tert-OH is 1. The molecular weight excluding hydrogens is 242 g/mol. The number of rotatable bonds is 5. The first-order valence-corrected chi connectivity index (χ1v) is 7.25. The van der Waals surface area contributed by atoms with E-state index in [1.165, 1.54) is 17.7 Å². The fraction of sp³-hybridized carbons (Fsp3) is 0.333. The van der Waals surface area contributed by atoms with Gasteiger partial charge in [-0.2, -0.15) is 0 Å². The second-order valence-corrected chi connectivity index (χ2v) is 5.77.